The molecule has 66 valence electrons. The van der Waals surface area contributed by atoms with Gasteiger partial charge in [0.15, 0.2) is 0 Å². The summed E-state index contributed by atoms with van der Waals surface area (Å²) in [6.07, 6.45) is 4.47. The van der Waals surface area contributed by atoms with Gasteiger partial charge in [0, 0.05) is 12.6 Å². The molecule has 1 nitrogen and oxygen atoms in total. The molecule has 0 aromatic carbocycles. The molecule has 1 aliphatic heterocycles. The zero-order valence-electron chi connectivity index (χ0n) is 8.35. The average molecular weight is 155 g/mol. The third-order valence-electron chi connectivity index (χ3n) is 3.02. The van der Waals surface area contributed by atoms with Gasteiger partial charge in [0.2, 0.25) is 0 Å². The largest absolute Gasteiger partial charge is 0.303 e. The smallest absolute Gasteiger partial charge is 0.00698 e. The van der Waals surface area contributed by atoms with Crippen molar-refractivity contribution in [3.05, 3.63) is 0 Å². The minimum Gasteiger partial charge on any atom is -0.303 e. The van der Waals surface area contributed by atoms with E-state index in [-0.39, 0.29) is 0 Å². The maximum Gasteiger partial charge on any atom is 0.00698 e. The summed E-state index contributed by atoms with van der Waals surface area (Å²) in [6, 6.07) is 0.854. The molecule has 0 bridgehead atoms. The van der Waals surface area contributed by atoms with Crippen LogP contribution in [0.1, 0.15) is 40.0 Å². The van der Waals surface area contributed by atoms with Crippen LogP contribution in [0.5, 0.6) is 0 Å². The van der Waals surface area contributed by atoms with Gasteiger partial charge in [-0.05, 0) is 38.6 Å². The monoisotopic (exact) mass is 155 g/mol. The molecule has 1 saturated heterocycles. The molecule has 0 aromatic rings. The second-order valence-corrected chi connectivity index (χ2v) is 3.97. The van der Waals surface area contributed by atoms with Crippen LogP contribution < -0.4 is 0 Å². The standard InChI is InChI=1S/C8H15N.C2H6/c1-7-5-8(3-4-8)6-9(7)2;1-2/h7H,3-6H2,1-2H3;1-2H3. The lowest BCUT2D eigenvalue weighted by Gasteiger charge is -2.12. The van der Waals surface area contributed by atoms with Crippen molar-refractivity contribution in [1.29, 1.82) is 0 Å². The van der Waals surface area contributed by atoms with Crippen LogP contribution in [0, 0.1) is 5.41 Å². The molecule has 0 radical (unpaired) electrons. The highest BCUT2D eigenvalue weighted by Gasteiger charge is 2.49. The molecule has 0 aromatic heterocycles. The van der Waals surface area contributed by atoms with E-state index in [2.05, 4.69) is 18.9 Å². The Morgan fingerprint density at radius 3 is 2.00 bits per heavy atom. The molecule has 1 heteroatoms. The molecule has 2 rings (SSSR count). The van der Waals surface area contributed by atoms with Gasteiger partial charge in [-0.1, -0.05) is 13.8 Å². The molecular weight excluding hydrogens is 134 g/mol. The zero-order chi connectivity index (χ0) is 8.48. The molecular formula is C10H21N. The van der Waals surface area contributed by atoms with Crippen molar-refractivity contribution in [2.75, 3.05) is 13.6 Å². The molecule has 2 aliphatic rings. The maximum absolute atomic E-state index is 2.49. The average Bonchev–Trinajstić information content (AvgIpc) is 2.66. The van der Waals surface area contributed by atoms with Gasteiger partial charge in [0.25, 0.3) is 0 Å². The van der Waals surface area contributed by atoms with E-state index in [0.29, 0.717) is 0 Å². The normalized spacial score (nSPS) is 33.3. The third kappa shape index (κ3) is 1.76. The van der Waals surface area contributed by atoms with E-state index >= 15 is 0 Å². The van der Waals surface area contributed by atoms with Crippen molar-refractivity contribution in [3.8, 4) is 0 Å². The summed E-state index contributed by atoms with van der Waals surface area (Å²) >= 11 is 0. The van der Waals surface area contributed by atoms with Gasteiger partial charge in [-0.3, -0.25) is 0 Å². The summed E-state index contributed by atoms with van der Waals surface area (Å²) < 4.78 is 0. The highest BCUT2D eigenvalue weighted by Crippen LogP contribution is 2.54. The number of rotatable bonds is 0. The lowest BCUT2D eigenvalue weighted by atomic mass is 10.0. The Labute approximate surface area is 70.8 Å². The quantitative estimate of drug-likeness (QED) is 0.519. The van der Waals surface area contributed by atoms with Crippen LogP contribution in [0.3, 0.4) is 0 Å². The first-order chi connectivity index (χ1) is 5.22. The van der Waals surface area contributed by atoms with Crippen molar-refractivity contribution < 1.29 is 0 Å². The van der Waals surface area contributed by atoms with Crippen LogP contribution >= 0.6 is 0 Å². The van der Waals surface area contributed by atoms with Crippen molar-refractivity contribution in [2.24, 2.45) is 5.41 Å². The first-order valence-electron chi connectivity index (χ1n) is 4.92. The summed E-state index contributed by atoms with van der Waals surface area (Å²) in [5.74, 6) is 0. The van der Waals surface area contributed by atoms with E-state index in [1.165, 1.54) is 25.8 Å². The highest BCUT2D eigenvalue weighted by molar-refractivity contribution is 5.02. The highest BCUT2D eigenvalue weighted by atomic mass is 15.2. The molecule has 1 heterocycles. The fourth-order valence-electron chi connectivity index (χ4n) is 2.07. The Hall–Kier alpha value is -0.0400. The Morgan fingerprint density at radius 1 is 1.27 bits per heavy atom. The third-order valence-corrected chi connectivity index (χ3v) is 3.02. The Bertz CT molecular complexity index is 115. The van der Waals surface area contributed by atoms with Gasteiger partial charge < -0.3 is 4.90 Å². The van der Waals surface area contributed by atoms with E-state index in [1.54, 1.807) is 0 Å². The van der Waals surface area contributed by atoms with E-state index in [0.717, 1.165) is 11.5 Å². The van der Waals surface area contributed by atoms with Crippen molar-refractivity contribution >= 4 is 0 Å². The van der Waals surface area contributed by atoms with Gasteiger partial charge in [0.05, 0.1) is 0 Å². The van der Waals surface area contributed by atoms with E-state index in [9.17, 15) is 0 Å². The fourth-order valence-corrected chi connectivity index (χ4v) is 2.07. The Balaban J connectivity index is 0.000000281. The van der Waals surface area contributed by atoms with E-state index < -0.39 is 0 Å². The molecule has 1 saturated carbocycles. The second kappa shape index (κ2) is 3.14. The van der Waals surface area contributed by atoms with Gasteiger partial charge >= 0.3 is 0 Å². The zero-order valence-corrected chi connectivity index (χ0v) is 8.35. The van der Waals surface area contributed by atoms with Gasteiger partial charge in [0.1, 0.15) is 0 Å². The number of likely N-dealkylation sites (tertiary alicyclic amines) is 1. The Morgan fingerprint density at radius 2 is 1.82 bits per heavy atom. The lowest BCUT2D eigenvalue weighted by Crippen LogP contribution is -2.21. The summed E-state index contributed by atoms with van der Waals surface area (Å²) in [4.78, 5) is 2.49. The summed E-state index contributed by atoms with van der Waals surface area (Å²) in [6.45, 7) is 7.71. The van der Waals surface area contributed by atoms with Crippen LogP contribution in [0.2, 0.25) is 0 Å². The Kier molecular flexibility index (Phi) is 2.58. The van der Waals surface area contributed by atoms with Gasteiger partial charge in [-0.25, -0.2) is 0 Å². The lowest BCUT2D eigenvalue weighted by molar-refractivity contribution is 0.323. The van der Waals surface area contributed by atoms with E-state index in [1.807, 2.05) is 13.8 Å². The molecule has 11 heavy (non-hydrogen) atoms. The first kappa shape index (κ1) is 9.05. The SMILES string of the molecule is CC.CC1CC2(CC2)CN1C. The van der Waals surface area contributed by atoms with Crippen molar-refractivity contribution in [1.82, 2.24) is 4.90 Å². The summed E-state index contributed by atoms with van der Waals surface area (Å²) in [5.41, 5.74) is 0.814. The predicted molar refractivity (Wildman–Crippen MR) is 49.7 cm³/mol. The fraction of sp³-hybridized carbons (Fsp3) is 1.00. The van der Waals surface area contributed by atoms with Crippen LogP contribution in [0.15, 0.2) is 0 Å². The van der Waals surface area contributed by atoms with Crippen LogP contribution in [-0.4, -0.2) is 24.5 Å². The minimum atomic E-state index is 0.814. The second-order valence-electron chi connectivity index (χ2n) is 3.97. The summed E-state index contributed by atoms with van der Waals surface area (Å²) in [7, 11) is 2.25. The van der Waals surface area contributed by atoms with Gasteiger partial charge in [-0.15, -0.1) is 0 Å². The molecule has 1 aliphatic carbocycles. The van der Waals surface area contributed by atoms with E-state index in [4.69, 9.17) is 0 Å². The number of hydrogen-bond acceptors (Lipinski definition) is 1. The molecule has 1 atom stereocenters. The van der Waals surface area contributed by atoms with Crippen LogP contribution in [0.4, 0.5) is 0 Å². The van der Waals surface area contributed by atoms with Crippen molar-refractivity contribution in [2.45, 2.75) is 46.1 Å². The predicted octanol–water partition coefficient (Wildman–Crippen LogP) is 2.52. The summed E-state index contributed by atoms with van der Waals surface area (Å²) in [5, 5.41) is 0. The molecule has 1 spiro atoms. The number of hydrogen-bond donors (Lipinski definition) is 0. The van der Waals surface area contributed by atoms with Crippen LogP contribution in [-0.2, 0) is 0 Å². The first-order valence-corrected chi connectivity index (χ1v) is 4.92. The topological polar surface area (TPSA) is 3.24 Å². The number of nitrogens with zero attached hydrogens (tertiary/aromatic N) is 1. The minimum absolute atomic E-state index is 0.814. The van der Waals surface area contributed by atoms with Crippen molar-refractivity contribution in [3.63, 3.8) is 0 Å². The van der Waals surface area contributed by atoms with Crippen LogP contribution in [0.25, 0.3) is 0 Å². The molecule has 0 amide bonds. The van der Waals surface area contributed by atoms with Gasteiger partial charge in [-0.2, -0.15) is 0 Å². The molecule has 2 fully saturated rings. The molecule has 1 unspecified atom stereocenters. The molecule has 0 N–H and O–H groups in total. The maximum atomic E-state index is 2.49.